The molecule has 160 valence electrons. The van der Waals surface area contributed by atoms with Gasteiger partial charge in [0.1, 0.15) is 6.54 Å². The Kier molecular flexibility index (Phi) is 6.87. The number of hydrogen-bond acceptors (Lipinski definition) is 5. The fourth-order valence-electron chi connectivity index (χ4n) is 3.28. The molecule has 3 aromatic rings. The average molecular weight is 418 g/mol. The van der Waals surface area contributed by atoms with Crippen LogP contribution in [-0.4, -0.2) is 28.8 Å². The van der Waals surface area contributed by atoms with E-state index in [-0.39, 0.29) is 6.54 Å². The van der Waals surface area contributed by atoms with Crippen LogP contribution in [0.3, 0.4) is 0 Å². The Balaban J connectivity index is 1.60. The number of allylic oxidation sites excluding steroid dienone is 2. The number of ether oxygens (including phenoxy) is 1. The number of para-hydroxylation sites is 2. The number of benzene rings is 2. The SMILES string of the molecule is CC(=Nc1ccccc1)C(NC(=O)COC(=O)Cn1c(C)cc2ccccc21)=C(C)N. The molecule has 0 aliphatic rings. The summed E-state index contributed by atoms with van der Waals surface area (Å²) in [5, 5.41) is 3.74. The summed E-state index contributed by atoms with van der Waals surface area (Å²) in [4.78, 5) is 29.2. The van der Waals surface area contributed by atoms with Gasteiger partial charge in [0.2, 0.25) is 0 Å². The Morgan fingerprint density at radius 3 is 2.45 bits per heavy atom. The average Bonchev–Trinajstić information content (AvgIpc) is 3.06. The molecule has 0 radical (unpaired) electrons. The zero-order chi connectivity index (χ0) is 22.4. The number of nitrogens with zero attached hydrogens (tertiary/aromatic N) is 2. The standard InChI is InChI=1S/C24H26N4O3/c1-16-13-19-9-7-8-12-21(19)28(16)14-23(30)31-15-22(29)27-24(17(2)25)18(3)26-20-10-5-4-6-11-20/h4-13H,14-15,25H2,1-3H3,(H,27,29). The molecule has 0 atom stereocenters. The lowest BCUT2D eigenvalue weighted by atomic mass is 10.2. The van der Waals surface area contributed by atoms with Gasteiger partial charge in [0.15, 0.2) is 6.61 Å². The fourth-order valence-corrected chi connectivity index (χ4v) is 3.28. The first-order chi connectivity index (χ1) is 14.8. The molecule has 7 nitrogen and oxygen atoms in total. The van der Waals surface area contributed by atoms with E-state index in [4.69, 9.17) is 10.5 Å². The van der Waals surface area contributed by atoms with Crippen LogP contribution >= 0.6 is 0 Å². The number of fused-ring (bicyclic) bond motifs is 1. The highest BCUT2D eigenvalue weighted by Crippen LogP contribution is 2.19. The van der Waals surface area contributed by atoms with Gasteiger partial charge < -0.3 is 20.4 Å². The smallest absolute Gasteiger partial charge is 0.326 e. The number of hydrogen-bond donors (Lipinski definition) is 2. The predicted octanol–water partition coefficient (Wildman–Crippen LogP) is 3.59. The highest BCUT2D eigenvalue weighted by Gasteiger charge is 2.14. The van der Waals surface area contributed by atoms with Crippen LogP contribution < -0.4 is 11.1 Å². The van der Waals surface area contributed by atoms with E-state index in [0.717, 1.165) is 22.3 Å². The van der Waals surface area contributed by atoms with E-state index in [1.807, 2.05) is 72.2 Å². The van der Waals surface area contributed by atoms with Gasteiger partial charge in [-0.25, -0.2) is 0 Å². The summed E-state index contributed by atoms with van der Waals surface area (Å²) < 4.78 is 7.05. The molecule has 7 heteroatoms. The van der Waals surface area contributed by atoms with Crippen molar-refractivity contribution in [3.8, 4) is 0 Å². The molecule has 0 aliphatic carbocycles. The Morgan fingerprint density at radius 1 is 1.06 bits per heavy atom. The molecule has 0 unspecified atom stereocenters. The lowest BCUT2D eigenvalue weighted by Gasteiger charge is -2.13. The van der Waals surface area contributed by atoms with E-state index >= 15 is 0 Å². The van der Waals surface area contributed by atoms with Crippen molar-refractivity contribution < 1.29 is 14.3 Å². The second-order valence-electron chi connectivity index (χ2n) is 7.23. The maximum absolute atomic E-state index is 12.4. The van der Waals surface area contributed by atoms with E-state index in [1.54, 1.807) is 13.8 Å². The number of aliphatic imine (C=N–C) groups is 1. The van der Waals surface area contributed by atoms with E-state index < -0.39 is 18.5 Å². The summed E-state index contributed by atoms with van der Waals surface area (Å²) >= 11 is 0. The number of rotatable bonds is 7. The monoisotopic (exact) mass is 418 g/mol. The predicted molar refractivity (Wildman–Crippen MR) is 122 cm³/mol. The van der Waals surface area contributed by atoms with Crippen molar-refractivity contribution in [3.63, 3.8) is 0 Å². The Hall–Kier alpha value is -3.87. The second kappa shape index (κ2) is 9.75. The normalized spacial score (nSPS) is 12.4. The van der Waals surface area contributed by atoms with Gasteiger partial charge >= 0.3 is 5.97 Å². The van der Waals surface area contributed by atoms with Gasteiger partial charge in [0, 0.05) is 16.9 Å². The van der Waals surface area contributed by atoms with Crippen molar-refractivity contribution in [2.45, 2.75) is 27.3 Å². The lowest BCUT2D eigenvalue weighted by Crippen LogP contribution is -2.33. The van der Waals surface area contributed by atoms with Crippen molar-refractivity contribution in [1.29, 1.82) is 0 Å². The van der Waals surface area contributed by atoms with E-state index in [1.165, 1.54) is 0 Å². The third-order valence-corrected chi connectivity index (χ3v) is 4.74. The van der Waals surface area contributed by atoms with Gasteiger partial charge in [-0.1, -0.05) is 36.4 Å². The quantitative estimate of drug-likeness (QED) is 0.452. The number of nitrogens with one attached hydrogen (secondary N) is 1. The molecule has 3 N–H and O–H groups in total. The molecule has 31 heavy (non-hydrogen) atoms. The highest BCUT2D eigenvalue weighted by molar-refractivity contribution is 6.03. The van der Waals surface area contributed by atoms with Gasteiger partial charge in [-0.05, 0) is 50.4 Å². The van der Waals surface area contributed by atoms with Crippen LogP contribution in [0.25, 0.3) is 10.9 Å². The van der Waals surface area contributed by atoms with Crippen LogP contribution in [0, 0.1) is 6.92 Å². The van der Waals surface area contributed by atoms with Crippen LogP contribution in [-0.2, 0) is 20.9 Å². The van der Waals surface area contributed by atoms with Gasteiger partial charge in [-0.2, -0.15) is 0 Å². The topological polar surface area (TPSA) is 98.7 Å². The Morgan fingerprint density at radius 2 is 1.74 bits per heavy atom. The third kappa shape index (κ3) is 5.60. The van der Waals surface area contributed by atoms with Gasteiger partial charge in [-0.3, -0.25) is 14.6 Å². The molecule has 1 aromatic heterocycles. The number of amides is 1. The number of carbonyl (C=O) groups is 2. The third-order valence-electron chi connectivity index (χ3n) is 4.74. The molecular weight excluding hydrogens is 392 g/mol. The molecule has 0 bridgehead atoms. The maximum Gasteiger partial charge on any atom is 0.326 e. The summed E-state index contributed by atoms with van der Waals surface area (Å²) in [6, 6.07) is 19.1. The molecule has 1 amide bonds. The van der Waals surface area contributed by atoms with Crippen LogP contribution in [0.15, 0.2) is 77.1 Å². The second-order valence-corrected chi connectivity index (χ2v) is 7.23. The summed E-state index contributed by atoms with van der Waals surface area (Å²) in [6.07, 6.45) is 0. The number of carbonyl (C=O) groups excluding carboxylic acids is 2. The number of nitrogens with two attached hydrogens (primary N) is 1. The molecule has 0 fully saturated rings. The Bertz CT molecular complexity index is 1160. The fraction of sp³-hybridized carbons (Fsp3) is 0.208. The highest BCUT2D eigenvalue weighted by atomic mass is 16.5. The lowest BCUT2D eigenvalue weighted by molar-refractivity contribution is -0.148. The van der Waals surface area contributed by atoms with Crippen LogP contribution in [0.5, 0.6) is 0 Å². The van der Waals surface area contributed by atoms with Crippen LogP contribution in [0.2, 0.25) is 0 Å². The first kappa shape index (κ1) is 21.8. The van der Waals surface area contributed by atoms with Gasteiger partial charge in [0.25, 0.3) is 5.91 Å². The van der Waals surface area contributed by atoms with Crippen molar-refractivity contribution in [1.82, 2.24) is 9.88 Å². The van der Waals surface area contributed by atoms with Crippen molar-refractivity contribution in [2.24, 2.45) is 10.7 Å². The number of esters is 1. The summed E-state index contributed by atoms with van der Waals surface area (Å²) in [6.45, 7) is 4.97. The molecule has 0 spiro atoms. The van der Waals surface area contributed by atoms with E-state index in [0.29, 0.717) is 17.1 Å². The summed E-state index contributed by atoms with van der Waals surface area (Å²) in [7, 11) is 0. The molecule has 1 heterocycles. The molecule has 0 saturated heterocycles. The van der Waals surface area contributed by atoms with Crippen molar-refractivity contribution in [2.75, 3.05) is 6.61 Å². The number of aryl methyl sites for hydroxylation is 1. The minimum atomic E-state index is -0.496. The van der Waals surface area contributed by atoms with E-state index in [9.17, 15) is 9.59 Å². The molecular formula is C24H26N4O3. The minimum absolute atomic E-state index is 0.0275. The van der Waals surface area contributed by atoms with Gasteiger partial charge in [0.05, 0.1) is 17.1 Å². The van der Waals surface area contributed by atoms with Crippen molar-refractivity contribution >= 4 is 34.2 Å². The maximum atomic E-state index is 12.4. The molecule has 0 aliphatic heterocycles. The summed E-state index contributed by atoms with van der Waals surface area (Å²) in [5.74, 6) is -0.978. The minimum Gasteiger partial charge on any atom is -0.454 e. The largest absolute Gasteiger partial charge is 0.454 e. The van der Waals surface area contributed by atoms with Crippen LogP contribution in [0.4, 0.5) is 5.69 Å². The van der Waals surface area contributed by atoms with Gasteiger partial charge in [-0.15, -0.1) is 0 Å². The summed E-state index contributed by atoms with van der Waals surface area (Å²) in [5.41, 5.74) is 9.92. The van der Waals surface area contributed by atoms with Crippen molar-refractivity contribution in [3.05, 3.63) is 77.8 Å². The first-order valence-electron chi connectivity index (χ1n) is 9.92. The van der Waals surface area contributed by atoms with Crippen LogP contribution in [0.1, 0.15) is 19.5 Å². The zero-order valence-corrected chi connectivity index (χ0v) is 17.9. The number of aromatic nitrogens is 1. The zero-order valence-electron chi connectivity index (χ0n) is 17.9. The van der Waals surface area contributed by atoms with E-state index in [2.05, 4.69) is 10.3 Å². The first-order valence-corrected chi connectivity index (χ1v) is 9.92. The molecule has 3 rings (SSSR count). The molecule has 0 saturated carbocycles. The molecule has 2 aromatic carbocycles. The Labute approximate surface area is 181 Å².